The van der Waals surface area contributed by atoms with E-state index in [2.05, 4.69) is 42.6 Å². The maximum Gasteiger partial charge on any atom is 0.0208 e. The highest BCUT2D eigenvalue weighted by Gasteiger charge is 2.28. The second kappa shape index (κ2) is 4.61. The highest BCUT2D eigenvalue weighted by Crippen LogP contribution is 2.30. The first-order valence-corrected chi connectivity index (χ1v) is 5.67. The van der Waals surface area contributed by atoms with Crippen LogP contribution in [0.25, 0.3) is 0 Å². The summed E-state index contributed by atoms with van der Waals surface area (Å²) in [5.74, 6) is 0.929. The molecule has 0 amide bonds. The molecule has 1 heteroatoms. The topological polar surface area (TPSA) is 12.0 Å². The molecule has 0 saturated heterocycles. The first kappa shape index (κ1) is 9.72. The zero-order valence-electron chi connectivity index (χ0n) is 8.87. The second-order valence-corrected chi connectivity index (χ2v) is 4.22. The van der Waals surface area contributed by atoms with E-state index in [9.17, 15) is 0 Å². The maximum atomic E-state index is 3.64. The van der Waals surface area contributed by atoms with Crippen LogP contribution in [-0.4, -0.2) is 6.04 Å². The molecule has 1 aromatic carbocycles. The van der Waals surface area contributed by atoms with Crippen molar-refractivity contribution in [3.05, 3.63) is 35.9 Å². The van der Waals surface area contributed by atoms with Gasteiger partial charge in [-0.3, -0.25) is 0 Å². The lowest BCUT2D eigenvalue weighted by molar-refractivity contribution is 0.202. The minimum Gasteiger partial charge on any atom is -0.310 e. The smallest absolute Gasteiger partial charge is 0.0208 e. The van der Waals surface area contributed by atoms with Gasteiger partial charge >= 0.3 is 0 Å². The Balaban J connectivity index is 1.78. The molecule has 1 nitrogen and oxygen atoms in total. The summed E-state index contributed by atoms with van der Waals surface area (Å²) in [4.78, 5) is 0. The van der Waals surface area contributed by atoms with E-state index in [1.54, 1.807) is 0 Å². The summed E-state index contributed by atoms with van der Waals surface area (Å²) in [6.45, 7) is 3.32. The fourth-order valence-corrected chi connectivity index (χ4v) is 2.17. The number of hydrogen-bond acceptors (Lipinski definition) is 1. The Morgan fingerprint density at radius 3 is 2.57 bits per heavy atom. The van der Waals surface area contributed by atoms with Crippen LogP contribution < -0.4 is 5.32 Å². The summed E-state index contributed by atoms with van der Waals surface area (Å²) in [7, 11) is 0. The predicted molar refractivity (Wildman–Crippen MR) is 60.1 cm³/mol. The maximum absolute atomic E-state index is 3.64. The molecule has 1 aliphatic rings. The van der Waals surface area contributed by atoms with Crippen LogP contribution in [0.4, 0.5) is 0 Å². The van der Waals surface area contributed by atoms with Crippen LogP contribution in [0.2, 0.25) is 0 Å². The van der Waals surface area contributed by atoms with E-state index >= 15 is 0 Å². The lowest BCUT2D eigenvalue weighted by Gasteiger charge is -2.36. The standard InChI is InChI=1S/C13H19N/c1-2-12-8-9-13(12)14-10-11-6-4-3-5-7-11/h3-7,12-14H,2,8-10H2,1H3. The Kier molecular flexibility index (Phi) is 3.20. The van der Waals surface area contributed by atoms with Crippen molar-refractivity contribution < 1.29 is 0 Å². The summed E-state index contributed by atoms with van der Waals surface area (Å²) in [6, 6.07) is 11.4. The van der Waals surface area contributed by atoms with Gasteiger partial charge in [0.25, 0.3) is 0 Å². The van der Waals surface area contributed by atoms with Crippen LogP contribution in [0.3, 0.4) is 0 Å². The Bertz CT molecular complexity index is 266. The number of rotatable bonds is 4. The van der Waals surface area contributed by atoms with E-state index in [-0.39, 0.29) is 0 Å². The molecule has 1 aromatic rings. The van der Waals surface area contributed by atoms with Gasteiger partial charge in [0.2, 0.25) is 0 Å². The van der Waals surface area contributed by atoms with Crippen molar-refractivity contribution in [2.24, 2.45) is 5.92 Å². The number of benzene rings is 1. The molecule has 0 radical (unpaired) electrons. The molecule has 14 heavy (non-hydrogen) atoms. The molecule has 1 N–H and O–H groups in total. The molecular formula is C13H19N. The summed E-state index contributed by atoms with van der Waals surface area (Å²) in [5, 5.41) is 3.64. The van der Waals surface area contributed by atoms with E-state index in [0.29, 0.717) is 0 Å². The zero-order chi connectivity index (χ0) is 9.80. The van der Waals surface area contributed by atoms with Crippen molar-refractivity contribution in [3.63, 3.8) is 0 Å². The summed E-state index contributed by atoms with van der Waals surface area (Å²) in [5.41, 5.74) is 1.40. The summed E-state index contributed by atoms with van der Waals surface area (Å²) in [6.07, 6.45) is 4.11. The van der Waals surface area contributed by atoms with E-state index in [1.807, 2.05) is 0 Å². The zero-order valence-corrected chi connectivity index (χ0v) is 8.87. The van der Waals surface area contributed by atoms with Crippen LogP contribution in [0.1, 0.15) is 31.7 Å². The van der Waals surface area contributed by atoms with Gasteiger partial charge in [-0.05, 0) is 24.3 Å². The van der Waals surface area contributed by atoms with E-state index in [1.165, 1.54) is 24.8 Å². The summed E-state index contributed by atoms with van der Waals surface area (Å²) >= 11 is 0. The third-order valence-corrected chi connectivity index (χ3v) is 3.35. The Hall–Kier alpha value is -0.820. The Labute approximate surface area is 86.5 Å². The molecule has 2 unspecified atom stereocenters. The lowest BCUT2D eigenvalue weighted by atomic mass is 9.78. The molecule has 0 aromatic heterocycles. The highest BCUT2D eigenvalue weighted by molar-refractivity contribution is 5.14. The SMILES string of the molecule is CCC1CCC1NCc1ccccc1. The van der Waals surface area contributed by atoms with Crippen molar-refractivity contribution in [2.75, 3.05) is 0 Å². The van der Waals surface area contributed by atoms with Crippen molar-refractivity contribution in [1.82, 2.24) is 5.32 Å². The van der Waals surface area contributed by atoms with Gasteiger partial charge < -0.3 is 5.32 Å². The Morgan fingerprint density at radius 2 is 2.00 bits per heavy atom. The Morgan fingerprint density at radius 1 is 1.21 bits per heavy atom. The number of hydrogen-bond donors (Lipinski definition) is 1. The fourth-order valence-electron chi connectivity index (χ4n) is 2.17. The average Bonchev–Trinajstić information content (AvgIpc) is 2.19. The van der Waals surface area contributed by atoms with Crippen molar-refractivity contribution in [3.8, 4) is 0 Å². The van der Waals surface area contributed by atoms with Gasteiger partial charge in [0.05, 0.1) is 0 Å². The highest BCUT2D eigenvalue weighted by atomic mass is 14.9. The molecule has 76 valence electrons. The predicted octanol–water partition coefficient (Wildman–Crippen LogP) is 2.96. The van der Waals surface area contributed by atoms with Gasteiger partial charge in [-0.15, -0.1) is 0 Å². The van der Waals surface area contributed by atoms with Crippen LogP contribution >= 0.6 is 0 Å². The largest absolute Gasteiger partial charge is 0.310 e. The molecule has 0 aliphatic heterocycles. The third kappa shape index (κ3) is 2.16. The molecule has 1 saturated carbocycles. The van der Waals surface area contributed by atoms with Crippen LogP contribution in [0.5, 0.6) is 0 Å². The van der Waals surface area contributed by atoms with Crippen LogP contribution in [-0.2, 0) is 6.54 Å². The molecule has 0 spiro atoms. The first-order chi connectivity index (χ1) is 6.90. The third-order valence-electron chi connectivity index (χ3n) is 3.35. The van der Waals surface area contributed by atoms with Crippen molar-refractivity contribution in [2.45, 2.75) is 38.8 Å². The van der Waals surface area contributed by atoms with Gasteiger partial charge in [-0.25, -0.2) is 0 Å². The van der Waals surface area contributed by atoms with Crippen molar-refractivity contribution in [1.29, 1.82) is 0 Å². The van der Waals surface area contributed by atoms with Gasteiger partial charge in [0, 0.05) is 12.6 Å². The van der Waals surface area contributed by atoms with Crippen LogP contribution in [0, 0.1) is 5.92 Å². The van der Waals surface area contributed by atoms with Crippen LogP contribution in [0.15, 0.2) is 30.3 Å². The monoisotopic (exact) mass is 189 g/mol. The molecule has 0 bridgehead atoms. The molecule has 2 atom stereocenters. The second-order valence-electron chi connectivity index (χ2n) is 4.22. The van der Waals surface area contributed by atoms with E-state index in [4.69, 9.17) is 0 Å². The number of nitrogens with one attached hydrogen (secondary N) is 1. The lowest BCUT2D eigenvalue weighted by Crippen LogP contribution is -2.43. The summed E-state index contributed by atoms with van der Waals surface area (Å²) < 4.78 is 0. The van der Waals surface area contributed by atoms with E-state index in [0.717, 1.165) is 18.5 Å². The quantitative estimate of drug-likeness (QED) is 0.768. The average molecular weight is 189 g/mol. The molecular weight excluding hydrogens is 170 g/mol. The molecule has 2 rings (SSSR count). The molecule has 1 fully saturated rings. The first-order valence-electron chi connectivity index (χ1n) is 5.67. The minimum atomic E-state index is 0.778. The van der Waals surface area contributed by atoms with Gasteiger partial charge in [-0.1, -0.05) is 43.7 Å². The minimum absolute atomic E-state index is 0.778. The van der Waals surface area contributed by atoms with E-state index < -0.39 is 0 Å². The van der Waals surface area contributed by atoms with Gasteiger partial charge in [0.15, 0.2) is 0 Å². The normalized spacial score (nSPS) is 25.8. The van der Waals surface area contributed by atoms with Gasteiger partial charge in [0.1, 0.15) is 0 Å². The fraction of sp³-hybridized carbons (Fsp3) is 0.538. The van der Waals surface area contributed by atoms with Gasteiger partial charge in [-0.2, -0.15) is 0 Å². The van der Waals surface area contributed by atoms with Crippen molar-refractivity contribution >= 4 is 0 Å². The molecule has 1 aliphatic carbocycles. The molecule has 0 heterocycles.